The molecular formula is C8H15CeO8. The molecule has 0 saturated carbocycles. The van der Waals surface area contributed by atoms with Gasteiger partial charge in [0.15, 0.2) is 0 Å². The van der Waals surface area contributed by atoms with Gasteiger partial charge >= 0.3 is 41.7 Å². The van der Waals surface area contributed by atoms with Gasteiger partial charge in [0.05, 0.1) is 13.2 Å². The van der Waals surface area contributed by atoms with Crippen LogP contribution >= 0.6 is 0 Å². The molecule has 0 spiro atoms. The van der Waals surface area contributed by atoms with E-state index in [0.29, 0.717) is 0 Å². The summed E-state index contributed by atoms with van der Waals surface area (Å²) >= 11 is 0. The van der Waals surface area contributed by atoms with Crippen molar-refractivity contribution in [2.45, 2.75) is 20.8 Å². The monoisotopic (exact) mass is 379 g/mol. The Balaban J connectivity index is -0.0000000369. The number of carbonyl (C=O) groups is 3. The van der Waals surface area contributed by atoms with Gasteiger partial charge in [0, 0.05) is 17.9 Å². The summed E-state index contributed by atoms with van der Waals surface area (Å²) < 4.78 is 0. The number of aliphatic hydroxyl groups is 2. The maximum Gasteiger partial charge on any atom is 3.00 e. The summed E-state index contributed by atoms with van der Waals surface area (Å²) in [6.45, 7) is 2.67. The first-order chi connectivity index (χ1) is 7.11. The number of aliphatic carboxylic acids is 3. The van der Waals surface area contributed by atoms with Gasteiger partial charge in [-0.3, -0.25) is 0 Å². The van der Waals surface area contributed by atoms with E-state index >= 15 is 0 Å². The zero-order valence-electron chi connectivity index (χ0n) is 9.76. The Kier molecular flexibility index (Phi) is 52.4. The minimum atomic E-state index is -1.08. The average molecular weight is 379 g/mol. The Morgan fingerprint density at radius 1 is 0.765 bits per heavy atom. The number of carboxylic acids is 3. The largest absolute Gasteiger partial charge is 3.00 e. The van der Waals surface area contributed by atoms with Gasteiger partial charge in [0.1, 0.15) is 0 Å². The Morgan fingerprint density at radius 3 is 0.824 bits per heavy atom. The smallest absolute Gasteiger partial charge is 0.550 e. The van der Waals surface area contributed by atoms with Crippen molar-refractivity contribution in [2.24, 2.45) is 0 Å². The van der Waals surface area contributed by atoms with Crippen LogP contribution in [0.15, 0.2) is 0 Å². The van der Waals surface area contributed by atoms with Gasteiger partial charge in [0.2, 0.25) is 0 Å². The fourth-order valence-electron chi connectivity index (χ4n) is 0. The van der Waals surface area contributed by atoms with Crippen molar-refractivity contribution in [3.63, 3.8) is 0 Å². The molecule has 9 heteroatoms. The summed E-state index contributed by atoms with van der Waals surface area (Å²) in [6, 6.07) is 0. The van der Waals surface area contributed by atoms with Crippen LogP contribution in [0.4, 0.5) is 0 Å². The van der Waals surface area contributed by atoms with Gasteiger partial charge in [0.25, 0.3) is 0 Å². The first-order valence-electron chi connectivity index (χ1n) is 3.86. The van der Waals surface area contributed by atoms with Gasteiger partial charge in [-0.05, 0) is 20.8 Å². The molecule has 0 fully saturated rings. The van der Waals surface area contributed by atoms with E-state index in [4.69, 9.17) is 39.9 Å². The van der Waals surface area contributed by atoms with Crippen molar-refractivity contribution < 1.29 is 81.7 Å². The number of aliphatic hydroxyl groups excluding tert-OH is 2. The first-order valence-corrected chi connectivity index (χ1v) is 3.86. The normalized spacial score (nSPS) is 6.18. The second-order valence-electron chi connectivity index (χ2n) is 1.92. The van der Waals surface area contributed by atoms with Gasteiger partial charge < -0.3 is 39.9 Å². The van der Waals surface area contributed by atoms with Gasteiger partial charge in [-0.2, -0.15) is 0 Å². The van der Waals surface area contributed by atoms with Crippen LogP contribution in [-0.4, -0.2) is 41.3 Å². The fraction of sp³-hybridized carbons (Fsp3) is 0.625. The van der Waals surface area contributed by atoms with E-state index in [1.54, 1.807) is 0 Å². The second kappa shape index (κ2) is 29.6. The average Bonchev–Trinajstić information content (AvgIpc) is 2.00. The molecule has 0 unspecified atom stereocenters. The number of hydrogen-bond acceptors (Lipinski definition) is 8. The van der Waals surface area contributed by atoms with Crippen molar-refractivity contribution in [3.8, 4) is 0 Å². The molecule has 17 heavy (non-hydrogen) atoms. The van der Waals surface area contributed by atoms with E-state index in [1.165, 1.54) is 0 Å². The fourth-order valence-corrected chi connectivity index (χ4v) is 0. The Morgan fingerprint density at radius 2 is 0.824 bits per heavy atom. The van der Waals surface area contributed by atoms with E-state index in [2.05, 4.69) is 0 Å². The van der Waals surface area contributed by atoms with Crippen LogP contribution in [0.3, 0.4) is 0 Å². The predicted molar refractivity (Wildman–Crippen MR) is 46.2 cm³/mol. The summed E-state index contributed by atoms with van der Waals surface area (Å²) in [7, 11) is 0. The van der Waals surface area contributed by atoms with Crippen LogP contribution in [-0.2, 0) is 14.4 Å². The Hall–Kier alpha value is -0.293. The summed E-state index contributed by atoms with van der Waals surface area (Å²) in [5.41, 5.74) is 0. The van der Waals surface area contributed by atoms with Crippen LogP contribution in [0.5, 0.6) is 0 Å². The van der Waals surface area contributed by atoms with Crippen LogP contribution in [0.1, 0.15) is 20.8 Å². The topological polar surface area (TPSA) is 161 Å². The molecule has 0 aromatic rings. The van der Waals surface area contributed by atoms with Crippen molar-refractivity contribution >= 4 is 17.9 Å². The van der Waals surface area contributed by atoms with Crippen molar-refractivity contribution in [3.05, 3.63) is 0 Å². The molecule has 0 aromatic heterocycles. The molecule has 0 rings (SSSR count). The van der Waals surface area contributed by atoms with Gasteiger partial charge in [-0.25, -0.2) is 0 Å². The van der Waals surface area contributed by atoms with Crippen LogP contribution in [0.25, 0.3) is 0 Å². The summed E-state index contributed by atoms with van der Waals surface area (Å²) in [5.74, 6) is -3.25. The molecule has 0 aliphatic heterocycles. The van der Waals surface area contributed by atoms with Crippen molar-refractivity contribution in [1.29, 1.82) is 0 Å². The van der Waals surface area contributed by atoms with Crippen LogP contribution in [0.2, 0.25) is 0 Å². The molecule has 8 nitrogen and oxygen atoms in total. The first kappa shape index (κ1) is 30.1. The second-order valence-corrected chi connectivity index (χ2v) is 1.92. The van der Waals surface area contributed by atoms with Crippen LogP contribution in [0, 0.1) is 41.7 Å². The number of rotatable bonds is 1. The molecule has 99 valence electrons. The molecule has 0 aromatic carbocycles. The number of carboxylic acid groups (broad SMARTS) is 3. The summed E-state index contributed by atoms with van der Waals surface area (Å²) in [5, 5.41) is 41.9. The third kappa shape index (κ3) is 5910. The summed E-state index contributed by atoms with van der Waals surface area (Å²) in [6.07, 6.45) is 0. The Bertz CT molecular complexity index is 140. The maximum absolute atomic E-state index is 8.89. The number of hydrogen-bond donors (Lipinski definition) is 2. The van der Waals surface area contributed by atoms with Crippen molar-refractivity contribution in [2.75, 3.05) is 13.2 Å². The van der Waals surface area contributed by atoms with E-state index in [1.807, 2.05) is 0 Å². The Labute approximate surface area is 133 Å². The van der Waals surface area contributed by atoms with E-state index in [9.17, 15) is 0 Å². The van der Waals surface area contributed by atoms with E-state index in [-0.39, 0.29) is 55.0 Å². The predicted octanol–water partition coefficient (Wildman–Crippen LogP) is -4.76. The van der Waals surface area contributed by atoms with E-state index < -0.39 is 17.9 Å². The molecule has 0 amide bonds. The molecule has 0 aliphatic rings. The van der Waals surface area contributed by atoms with Crippen molar-refractivity contribution in [1.82, 2.24) is 0 Å². The van der Waals surface area contributed by atoms with Gasteiger partial charge in [-0.1, -0.05) is 0 Å². The molecule has 2 N–H and O–H groups in total. The molecular weight excluding hydrogens is 364 g/mol. The van der Waals surface area contributed by atoms with E-state index in [0.717, 1.165) is 20.8 Å². The molecule has 0 aliphatic carbocycles. The number of carbonyl (C=O) groups excluding carboxylic acids is 3. The third-order valence-corrected chi connectivity index (χ3v) is 0.1000. The maximum atomic E-state index is 8.89. The summed E-state index contributed by atoms with van der Waals surface area (Å²) in [4.78, 5) is 26.7. The molecule has 0 bridgehead atoms. The minimum absolute atomic E-state index is 0. The van der Waals surface area contributed by atoms with Crippen LogP contribution < -0.4 is 15.3 Å². The zero-order chi connectivity index (χ0) is 14.1. The quantitative estimate of drug-likeness (QED) is 0.459. The molecule has 0 atom stereocenters. The van der Waals surface area contributed by atoms with Gasteiger partial charge in [-0.15, -0.1) is 0 Å². The molecule has 0 saturated heterocycles. The minimum Gasteiger partial charge on any atom is -0.550 e. The standard InChI is InChI=1S/3C2H4O2.C2H6O2.Ce/c3*1-2(3)4;3-1-2-4;/h3*1H3,(H,3,4);3-4H,1-2H2;/q;;;;+3/p-3. The molecule has 0 heterocycles. The SMILES string of the molecule is CC(=O)[O-].CC(=O)[O-].CC(=O)[O-].OCCO.[Ce+3]. The molecule has 1 radical (unpaired) electrons. The zero-order valence-corrected chi connectivity index (χ0v) is 12.9. The third-order valence-electron chi connectivity index (χ3n) is 0.1000.